The molecule has 4 heteroatoms. The predicted octanol–water partition coefficient (Wildman–Crippen LogP) is 2.96. The molecule has 4 nitrogen and oxygen atoms in total. The van der Waals surface area contributed by atoms with Crippen molar-refractivity contribution in [2.24, 2.45) is 0 Å². The second-order valence-electron chi connectivity index (χ2n) is 5.95. The van der Waals surface area contributed by atoms with Crippen molar-refractivity contribution in [3.05, 3.63) is 29.6 Å². The first-order valence-electron chi connectivity index (χ1n) is 7.21. The maximum Gasteiger partial charge on any atom is 0.256 e. The van der Waals surface area contributed by atoms with Crippen LogP contribution in [0.5, 0.6) is 0 Å². The van der Waals surface area contributed by atoms with Crippen LogP contribution in [0.15, 0.2) is 18.5 Å². The van der Waals surface area contributed by atoms with Gasteiger partial charge in [0.2, 0.25) is 0 Å². The van der Waals surface area contributed by atoms with Gasteiger partial charge in [-0.2, -0.15) is 0 Å². The fourth-order valence-corrected chi connectivity index (χ4v) is 2.43. The van der Waals surface area contributed by atoms with E-state index in [2.05, 4.69) is 4.98 Å². The number of hydrogen-bond acceptors (Lipinski definition) is 3. The molecule has 0 saturated heterocycles. The van der Waals surface area contributed by atoms with E-state index >= 15 is 0 Å². The third kappa shape index (κ3) is 3.37. The molecule has 0 saturated carbocycles. The van der Waals surface area contributed by atoms with Crippen LogP contribution in [0.1, 0.15) is 63.9 Å². The zero-order valence-corrected chi connectivity index (χ0v) is 13.3. The molecule has 20 heavy (non-hydrogen) atoms. The van der Waals surface area contributed by atoms with Crippen LogP contribution >= 0.6 is 0 Å². The predicted molar refractivity (Wildman–Crippen MR) is 80.5 cm³/mol. The summed E-state index contributed by atoms with van der Waals surface area (Å²) in [5.74, 6) is -0.0770. The Morgan fingerprint density at radius 1 is 1.35 bits per heavy atom. The average molecular weight is 278 g/mol. The standard InChI is InChI=1S/C16H26N2O2/c1-7-16(6,20)14-8-9-17-10-13(14)15(19)18(11(2)3)12(4)5/h8-12,20H,7H2,1-6H3. The Morgan fingerprint density at radius 2 is 1.90 bits per heavy atom. The number of nitrogens with zero attached hydrogens (tertiary/aromatic N) is 2. The minimum Gasteiger partial charge on any atom is -0.385 e. The molecule has 1 amide bonds. The normalized spacial score (nSPS) is 14.4. The van der Waals surface area contributed by atoms with Gasteiger partial charge in [0.15, 0.2) is 0 Å². The van der Waals surface area contributed by atoms with E-state index in [9.17, 15) is 9.90 Å². The fourth-order valence-electron chi connectivity index (χ4n) is 2.43. The number of pyridine rings is 1. The molecule has 0 aliphatic carbocycles. The van der Waals surface area contributed by atoms with Crippen LogP contribution in [0.3, 0.4) is 0 Å². The monoisotopic (exact) mass is 278 g/mol. The van der Waals surface area contributed by atoms with Gasteiger partial charge in [-0.05, 0) is 52.7 Å². The Bertz CT molecular complexity index is 459. The molecule has 0 radical (unpaired) electrons. The number of amides is 1. The highest BCUT2D eigenvalue weighted by Crippen LogP contribution is 2.28. The summed E-state index contributed by atoms with van der Waals surface area (Å²) in [6.45, 7) is 11.6. The van der Waals surface area contributed by atoms with E-state index in [1.54, 1.807) is 25.4 Å². The lowest BCUT2D eigenvalue weighted by molar-refractivity contribution is 0.0472. The minimum atomic E-state index is -1.02. The van der Waals surface area contributed by atoms with E-state index in [1.807, 2.05) is 39.5 Å². The highest BCUT2D eigenvalue weighted by atomic mass is 16.3. The topological polar surface area (TPSA) is 53.4 Å². The zero-order chi connectivity index (χ0) is 15.5. The van der Waals surface area contributed by atoms with Gasteiger partial charge < -0.3 is 10.0 Å². The summed E-state index contributed by atoms with van der Waals surface area (Å²) in [4.78, 5) is 18.7. The second-order valence-corrected chi connectivity index (χ2v) is 5.95. The van der Waals surface area contributed by atoms with Crippen molar-refractivity contribution in [3.63, 3.8) is 0 Å². The van der Waals surface area contributed by atoms with Gasteiger partial charge in [0.25, 0.3) is 5.91 Å². The number of carbonyl (C=O) groups excluding carboxylic acids is 1. The van der Waals surface area contributed by atoms with E-state index in [1.165, 1.54) is 0 Å². The van der Waals surface area contributed by atoms with Crippen LogP contribution in [0.2, 0.25) is 0 Å². The Morgan fingerprint density at radius 3 is 2.35 bits per heavy atom. The van der Waals surface area contributed by atoms with Crippen molar-refractivity contribution in [2.45, 2.75) is 65.6 Å². The summed E-state index contributed by atoms with van der Waals surface area (Å²) in [6, 6.07) is 1.93. The van der Waals surface area contributed by atoms with Crippen LogP contribution in [0, 0.1) is 0 Å². The van der Waals surface area contributed by atoms with Gasteiger partial charge in [-0.3, -0.25) is 9.78 Å². The van der Waals surface area contributed by atoms with Gasteiger partial charge in [0.05, 0.1) is 11.2 Å². The van der Waals surface area contributed by atoms with Crippen LogP contribution in [-0.2, 0) is 5.60 Å². The highest BCUT2D eigenvalue weighted by molar-refractivity contribution is 5.96. The Labute approximate surface area is 121 Å². The Balaban J connectivity index is 3.30. The first-order chi connectivity index (χ1) is 9.22. The van der Waals surface area contributed by atoms with Crippen molar-refractivity contribution in [1.82, 2.24) is 9.88 Å². The van der Waals surface area contributed by atoms with E-state index < -0.39 is 5.60 Å². The molecule has 0 fully saturated rings. The molecule has 1 unspecified atom stereocenters. The molecule has 0 aromatic carbocycles. The average Bonchev–Trinajstić information content (AvgIpc) is 2.37. The maximum atomic E-state index is 12.8. The number of aliphatic hydroxyl groups is 1. The smallest absolute Gasteiger partial charge is 0.256 e. The molecule has 112 valence electrons. The first kappa shape index (κ1) is 16.6. The van der Waals surface area contributed by atoms with E-state index in [0.29, 0.717) is 17.5 Å². The summed E-state index contributed by atoms with van der Waals surface area (Å²) < 4.78 is 0. The van der Waals surface area contributed by atoms with Crippen LogP contribution in [0.25, 0.3) is 0 Å². The molecule has 0 aliphatic heterocycles. The largest absolute Gasteiger partial charge is 0.385 e. The Hall–Kier alpha value is -1.42. The number of carbonyl (C=O) groups is 1. The van der Waals surface area contributed by atoms with Gasteiger partial charge in [0, 0.05) is 24.5 Å². The molecule has 1 atom stereocenters. The van der Waals surface area contributed by atoms with Crippen LogP contribution in [0.4, 0.5) is 0 Å². The number of rotatable bonds is 5. The molecule has 1 rings (SSSR count). The lowest BCUT2D eigenvalue weighted by atomic mass is 9.90. The molecule has 0 spiro atoms. The third-order valence-electron chi connectivity index (χ3n) is 3.67. The lowest BCUT2D eigenvalue weighted by Crippen LogP contribution is -2.43. The fraction of sp³-hybridized carbons (Fsp3) is 0.625. The number of aromatic nitrogens is 1. The summed E-state index contributed by atoms with van der Waals surface area (Å²) in [5.41, 5.74) is 0.112. The molecule has 1 N–H and O–H groups in total. The lowest BCUT2D eigenvalue weighted by Gasteiger charge is -2.33. The van der Waals surface area contributed by atoms with Crippen LogP contribution in [-0.4, -0.2) is 33.0 Å². The van der Waals surface area contributed by atoms with E-state index in [4.69, 9.17) is 0 Å². The van der Waals surface area contributed by atoms with Gasteiger partial charge >= 0.3 is 0 Å². The van der Waals surface area contributed by atoms with Gasteiger partial charge in [-0.1, -0.05) is 6.92 Å². The molecule has 1 aromatic heterocycles. The second kappa shape index (κ2) is 6.35. The van der Waals surface area contributed by atoms with Crippen molar-refractivity contribution in [2.75, 3.05) is 0 Å². The zero-order valence-electron chi connectivity index (χ0n) is 13.3. The van der Waals surface area contributed by atoms with E-state index in [0.717, 1.165) is 0 Å². The highest BCUT2D eigenvalue weighted by Gasteiger charge is 2.30. The molecule has 0 bridgehead atoms. The molecular weight excluding hydrogens is 252 g/mol. The van der Waals surface area contributed by atoms with Crippen molar-refractivity contribution < 1.29 is 9.90 Å². The molecule has 0 aliphatic rings. The summed E-state index contributed by atoms with van der Waals surface area (Å²) in [5, 5.41) is 10.5. The van der Waals surface area contributed by atoms with Gasteiger partial charge in [-0.25, -0.2) is 0 Å². The minimum absolute atomic E-state index is 0.0770. The van der Waals surface area contributed by atoms with Gasteiger partial charge in [0.1, 0.15) is 0 Å². The third-order valence-corrected chi connectivity index (χ3v) is 3.67. The molecule has 1 aromatic rings. The summed E-state index contributed by atoms with van der Waals surface area (Å²) >= 11 is 0. The SMILES string of the molecule is CCC(C)(O)c1ccncc1C(=O)N(C(C)C)C(C)C. The molecule has 1 heterocycles. The first-order valence-corrected chi connectivity index (χ1v) is 7.21. The summed E-state index contributed by atoms with van der Waals surface area (Å²) in [7, 11) is 0. The van der Waals surface area contributed by atoms with Crippen molar-refractivity contribution in [3.8, 4) is 0 Å². The maximum absolute atomic E-state index is 12.8. The van der Waals surface area contributed by atoms with Crippen molar-refractivity contribution in [1.29, 1.82) is 0 Å². The van der Waals surface area contributed by atoms with E-state index in [-0.39, 0.29) is 18.0 Å². The quantitative estimate of drug-likeness (QED) is 0.901. The van der Waals surface area contributed by atoms with Gasteiger partial charge in [-0.15, -0.1) is 0 Å². The van der Waals surface area contributed by atoms with Crippen LogP contribution < -0.4 is 0 Å². The Kier molecular flexibility index (Phi) is 5.28. The summed E-state index contributed by atoms with van der Waals surface area (Å²) in [6.07, 6.45) is 3.71. The van der Waals surface area contributed by atoms with Crippen molar-refractivity contribution >= 4 is 5.91 Å². The molecular formula is C16H26N2O2. The number of hydrogen-bond donors (Lipinski definition) is 1.